The van der Waals surface area contributed by atoms with Crippen molar-refractivity contribution in [3.8, 4) is 0 Å². The third kappa shape index (κ3) is 1.99. The zero-order chi connectivity index (χ0) is 10.7. The van der Waals surface area contributed by atoms with Gasteiger partial charge in [-0.1, -0.05) is 0 Å². The van der Waals surface area contributed by atoms with Gasteiger partial charge in [-0.05, 0) is 12.3 Å². The predicted octanol–water partition coefficient (Wildman–Crippen LogP) is 0.574. The Morgan fingerprint density at radius 1 is 1.71 bits per heavy atom. The fourth-order valence-electron chi connectivity index (χ4n) is 0.886. The van der Waals surface area contributed by atoms with Gasteiger partial charge >= 0.3 is 6.16 Å². The van der Waals surface area contributed by atoms with E-state index in [4.69, 9.17) is 0 Å². The lowest BCUT2D eigenvalue weighted by Gasteiger charge is -2.16. The van der Waals surface area contributed by atoms with E-state index in [1.807, 2.05) is 0 Å². The number of nitrogens with zero attached hydrogens (tertiary/aromatic N) is 1. The smallest absolute Gasteiger partial charge is 0.438 e. The molecule has 1 aliphatic rings. The van der Waals surface area contributed by atoms with Gasteiger partial charge < -0.3 is 9.47 Å². The third-order valence-electron chi connectivity index (χ3n) is 1.56. The Kier molecular flexibility index (Phi) is 3.37. The van der Waals surface area contributed by atoms with Crippen LogP contribution in [0.5, 0.6) is 0 Å². The van der Waals surface area contributed by atoms with E-state index in [1.165, 1.54) is 6.08 Å². The van der Waals surface area contributed by atoms with Crippen LogP contribution in [-0.2, 0) is 14.3 Å². The van der Waals surface area contributed by atoms with Crippen LogP contribution in [0.1, 0.15) is 0 Å². The minimum absolute atomic E-state index is 0.321. The molecule has 0 fully saturated rings. The quantitative estimate of drug-likeness (QED) is 0.540. The van der Waals surface area contributed by atoms with Crippen LogP contribution < -0.4 is 0 Å². The minimum atomic E-state index is -1.10. The van der Waals surface area contributed by atoms with E-state index in [9.17, 15) is 14.8 Å². The second kappa shape index (κ2) is 4.34. The molecule has 0 aromatic rings. The van der Waals surface area contributed by atoms with E-state index in [1.54, 1.807) is 6.26 Å². The molecule has 0 aliphatic carbocycles. The molecule has 1 aliphatic heterocycles. The van der Waals surface area contributed by atoms with Gasteiger partial charge in [-0.15, -0.1) is 11.8 Å². The van der Waals surface area contributed by atoms with Crippen LogP contribution in [0, 0.1) is 0 Å². The highest BCUT2D eigenvalue weighted by molar-refractivity contribution is 8.03. The zero-order valence-electron chi connectivity index (χ0n) is 7.59. The number of carbonyl (C=O) groups excluding carboxylic acids is 2. The molecule has 0 bridgehead atoms. The molecular weight excluding hydrogens is 210 g/mol. The summed E-state index contributed by atoms with van der Waals surface area (Å²) < 4.78 is 8.80. The normalized spacial score (nSPS) is 20.8. The van der Waals surface area contributed by atoms with E-state index in [0.29, 0.717) is 9.97 Å². The first-order valence-electron chi connectivity index (χ1n) is 3.63. The van der Waals surface area contributed by atoms with Crippen molar-refractivity contribution in [2.75, 3.05) is 13.4 Å². The van der Waals surface area contributed by atoms with Crippen molar-refractivity contribution >= 4 is 23.8 Å². The van der Waals surface area contributed by atoms with Gasteiger partial charge in [-0.2, -0.15) is 5.06 Å². The Bertz CT molecular complexity index is 290. The van der Waals surface area contributed by atoms with Crippen molar-refractivity contribution in [1.82, 2.24) is 5.06 Å². The van der Waals surface area contributed by atoms with Crippen LogP contribution in [0.4, 0.5) is 4.79 Å². The van der Waals surface area contributed by atoms with Gasteiger partial charge in [0, 0.05) is 0 Å². The summed E-state index contributed by atoms with van der Waals surface area (Å²) in [5.74, 6) is -0.591. The second-order valence-electron chi connectivity index (χ2n) is 2.35. The largest absolute Gasteiger partial charge is 0.510 e. The maximum absolute atomic E-state index is 11.2. The van der Waals surface area contributed by atoms with E-state index in [2.05, 4.69) is 9.47 Å². The number of hydrogen-bond acceptors (Lipinski definition) is 6. The Labute approximate surface area is 84.4 Å². The Morgan fingerprint density at radius 2 is 2.36 bits per heavy atom. The first-order valence-corrected chi connectivity index (χ1v) is 4.85. The van der Waals surface area contributed by atoms with E-state index in [-0.39, 0.29) is 0 Å². The van der Waals surface area contributed by atoms with E-state index in [0.717, 1.165) is 18.9 Å². The van der Waals surface area contributed by atoms with Crippen molar-refractivity contribution < 1.29 is 24.3 Å². The average Bonchev–Trinajstić information content (AvgIpc) is 2.45. The van der Waals surface area contributed by atoms with Crippen molar-refractivity contribution in [2.45, 2.75) is 6.23 Å². The van der Waals surface area contributed by atoms with Crippen molar-refractivity contribution in [3.05, 3.63) is 11.0 Å². The van der Waals surface area contributed by atoms with Crippen LogP contribution in [0.15, 0.2) is 11.0 Å². The molecule has 1 amide bonds. The summed E-state index contributed by atoms with van der Waals surface area (Å²) in [5.41, 5.74) is 0. The van der Waals surface area contributed by atoms with Crippen LogP contribution in [0.2, 0.25) is 0 Å². The highest BCUT2D eigenvalue weighted by Gasteiger charge is 2.33. The molecule has 78 valence electrons. The Balaban J connectivity index is 2.68. The molecule has 14 heavy (non-hydrogen) atoms. The van der Waals surface area contributed by atoms with Crippen molar-refractivity contribution in [1.29, 1.82) is 0 Å². The SMILES string of the molecule is COC(=O)OC1C=C(SC)C(=O)N1O. The molecule has 0 saturated heterocycles. The van der Waals surface area contributed by atoms with Gasteiger partial charge in [-0.3, -0.25) is 10.0 Å². The number of thioether (sulfide) groups is 1. The highest BCUT2D eigenvalue weighted by Crippen LogP contribution is 2.24. The molecule has 1 heterocycles. The zero-order valence-corrected chi connectivity index (χ0v) is 8.41. The van der Waals surface area contributed by atoms with Crippen LogP contribution in [0.3, 0.4) is 0 Å². The van der Waals surface area contributed by atoms with Gasteiger partial charge in [0.05, 0.1) is 12.0 Å². The number of hydroxylamine groups is 2. The lowest BCUT2D eigenvalue weighted by Crippen LogP contribution is -2.34. The summed E-state index contributed by atoms with van der Waals surface area (Å²) in [6.07, 6.45) is 0.958. The molecule has 0 saturated carbocycles. The summed E-state index contributed by atoms with van der Waals surface area (Å²) >= 11 is 1.16. The third-order valence-corrected chi connectivity index (χ3v) is 2.31. The predicted molar refractivity (Wildman–Crippen MR) is 47.5 cm³/mol. The highest BCUT2D eigenvalue weighted by atomic mass is 32.2. The van der Waals surface area contributed by atoms with Crippen LogP contribution in [-0.4, -0.2) is 41.9 Å². The minimum Gasteiger partial charge on any atom is -0.438 e. The monoisotopic (exact) mass is 219 g/mol. The second-order valence-corrected chi connectivity index (χ2v) is 3.20. The number of amides is 1. The molecule has 0 aromatic heterocycles. The maximum atomic E-state index is 11.2. The molecule has 0 aromatic carbocycles. The van der Waals surface area contributed by atoms with Gasteiger partial charge in [0.2, 0.25) is 6.23 Å². The summed E-state index contributed by atoms with van der Waals surface area (Å²) in [5, 5.41) is 9.53. The molecule has 7 heteroatoms. The molecule has 6 nitrogen and oxygen atoms in total. The molecular formula is C7H9NO5S. The number of rotatable bonds is 2. The van der Waals surface area contributed by atoms with Crippen LogP contribution >= 0.6 is 11.8 Å². The topological polar surface area (TPSA) is 76.1 Å². The van der Waals surface area contributed by atoms with Gasteiger partial charge in [0.25, 0.3) is 5.91 Å². The molecule has 1 unspecified atom stereocenters. The molecule has 1 rings (SSSR count). The fraction of sp³-hybridized carbons (Fsp3) is 0.429. The summed E-state index contributed by atoms with van der Waals surface area (Å²) in [4.78, 5) is 22.2. The number of hydrogen-bond donors (Lipinski definition) is 1. The maximum Gasteiger partial charge on any atom is 0.510 e. The van der Waals surface area contributed by atoms with E-state index >= 15 is 0 Å². The van der Waals surface area contributed by atoms with Gasteiger partial charge in [0.15, 0.2) is 0 Å². The lowest BCUT2D eigenvalue weighted by molar-refractivity contribution is -0.187. The summed E-state index contributed by atoms with van der Waals surface area (Å²) in [6, 6.07) is 0. The number of ether oxygens (including phenoxy) is 2. The van der Waals surface area contributed by atoms with Crippen molar-refractivity contribution in [2.24, 2.45) is 0 Å². The average molecular weight is 219 g/mol. The molecule has 1 atom stereocenters. The molecule has 0 radical (unpaired) electrons. The first-order chi connectivity index (χ1) is 6.60. The molecule has 0 spiro atoms. The first kappa shape index (κ1) is 10.9. The Hall–Kier alpha value is -1.21. The number of methoxy groups -OCH3 is 1. The van der Waals surface area contributed by atoms with E-state index < -0.39 is 18.3 Å². The standard InChI is InChI=1S/C7H9NO5S/c1-12-7(10)13-5-3-4(14-2)6(9)8(5)11/h3,5,11H,1-2H3. The van der Waals surface area contributed by atoms with Crippen molar-refractivity contribution in [3.63, 3.8) is 0 Å². The summed E-state index contributed by atoms with van der Waals surface area (Å²) in [6.45, 7) is 0. The lowest BCUT2D eigenvalue weighted by atomic mass is 10.5. The van der Waals surface area contributed by atoms with Crippen LogP contribution in [0.25, 0.3) is 0 Å². The number of carbonyl (C=O) groups is 2. The molecule has 1 N–H and O–H groups in total. The van der Waals surface area contributed by atoms with Gasteiger partial charge in [-0.25, -0.2) is 4.79 Å². The summed E-state index contributed by atoms with van der Waals surface area (Å²) in [7, 11) is 1.14. The van der Waals surface area contributed by atoms with Gasteiger partial charge in [0.1, 0.15) is 0 Å². The Morgan fingerprint density at radius 3 is 2.79 bits per heavy atom. The fourth-order valence-corrected chi connectivity index (χ4v) is 1.41.